The number of anilines is 1. The van der Waals surface area contributed by atoms with Crippen molar-refractivity contribution in [2.45, 2.75) is 18.9 Å². The molecule has 19 heavy (non-hydrogen) atoms. The van der Waals surface area contributed by atoms with Crippen molar-refractivity contribution < 1.29 is 14.5 Å². The maximum absolute atomic E-state index is 11.3. The van der Waals surface area contributed by atoms with Crippen LogP contribution in [-0.4, -0.2) is 40.3 Å². The third kappa shape index (κ3) is 4.05. The molecule has 0 aliphatic carbocycles. The van der Waals surface area contributed by atoms with Gasteiger partial charge in [-0.05, 0) is 13.8 Å². The summed E-state index contributed by atoms with van der Waals surface area (Å²) in [5, 5.41) is 13.8. The molecule has 0 aliphatic heterocycles. The summed E-state index contributed by atoms with van der Waals surface area (Å²) >= 11 is 0.960. The summed E-state index contributed by atoms with van der Waals surface area (Å²) < 4.78 is 4.76. The van der Waals surface area contributed by atoms with Gasteiger partial charge in [-0.25, -0.2) is 4.98 Å². The topological polar surface area (TPSA) is 107 Å². The lowest BCUT2D eigenvalue weighted by molar-refractivity contribution is -0.389. The molecule has 0 saturated heterocycles. The molecular weight excluding hydrogens is 272 g/mol. The minimum atomic E-state index is -0.553. The lowest BCUT2D eigenvalue weighted by atomic mass is 10.4. The normalized spacial score (nSPS) is 10.1. The first kappa shape index (κ1) is 15.2. The van der Waals surface area contributed by atoms with Gasteiger partial charge < -0.3 is 10.1 Å². The van der Waals surface area contributed by atoms with Gasteiger partial charge in [0.05, 0.1) is 17.3 Å². The zero-order chi connectivity index (χ0) is 14.4. The molecule has 1 aromatic rings. The van der Waals surface area contributed by atoms with Gasteiger partial charge in [0.25, 0.3) is 0 Å². The third-order valence-corrected chi connectivity index (χ3v) is 3.00. The lowest BCUT2D eigenvalue weighted by Crippen LogP contribution is -2.09. The van der Waals surface area contributed by atoms with Crippen molar-refractivity contribution >= 4 is 29.4 Å². The van der Waals surface area contributed by atoms with Crippen LogP contribution in [0.25, 0.3) is 0 Å². The van der Waals surface area contributed by atoms with E-state index in [9.17, 15) is 14.9 Å². The van der Waals surface area contributed by atoms with Crippen LogP contribution in [0.3, 0.4) is 0 Å². The number of ether oxygens (including phenoxy) is 1. The highest BCUT2D eigenvalue weighted by Gasteiger charge is 2.23. The van der Waals surface area contributed by atoms with Gasteiger partial charge in [0.1, 0.15) is 5.69 Å². The highest BCUT2D eigenvalue weighted by atomic mass is 32.2. The number of nitrogens with one attached hydrogen (secondary N) is 1. The van der Waals surface area contributed by atoms with E-state index in [-0.39, 0.29) is 34.7 Å². The molecule has 0 aliphatic rings. The Morgan fingerprint density at radius 1 is 1.53 bits per heavy atom. The van der Waals surface area contributed by atoms with Gasteiger partial charge in [-0.2, -0.15) is 4.98 Å². The number of rotatable bonds is 6. The summed E-state index contributed by atoms with van der Waals surface area (Å²) in [4.78, 5) is 29.6. The van der Waals surface area contributed by atoms with Crippen LogP contribution in [-0.2, 0) is 9.53 Å². The maximum atomic E-state index is 11.3. The molecule has 0 saturated carbocycles. The van der Waals surface area contributed by atoms with E-state index in [1.807, 2.05) is 0 Å². The number of hydrogen-bond donors (Lipinski definition) is 1. The molecule has 0 bridgehead atoms. The van der Waals surface area contributed by atoms with Crippen molar-refractivity contribution in [3.63, 3.8) is 0 Å². The van der Waals surface area contributed by atoms with E-state index in [1.165, 1.54) is 6.92 Å². The Morgan fingerprint density at radius 3 is 2.74 bits per heavy atom. The van der Waals surface area contributed by atoms with Crippen molar-refractivity contribution in [1.82, 2.24) is 9.97 Å². The molecule has 1 N–H and O–H groups in total. The fraction of sp³-hybridized carbons (Fsp3) is 0.500. The SMILES string of the molecule is CCOC(=O)CSc1nc(NC)nc(C)c1[N+](=O)[O-]. The molecule has 0 amide bonds. The Balaban J connectivity index is 2.99. The van der Waals surface area contributed by atoms with E-state index in [0.29, 0.717) is 0 Å². The second-order valence-electron chi connectivity index (χ2n) is 3.39. The minimum Gasteiger partial charge on any atom is -0.465 e. The van der Waals surface area contributed by atoms with Crippen LogP contribution in [0.5, 0.6) is 0 Å². The largest absolute Gasteiger partial charge is 0.465 e. The van der Waals surface area contributed by atoms with Crippen molar-refractivity contribution in [2.24, 2.45) is 0 Å². The highest BCUT2D eigenvalue weighted by Crippen LogP contribution is 2.30. The van der Waals surface area contributed by atoms with E-state index in [2.05, 4.69) is 15.3 Å². The molecule has 0 atom stereocenters. The van der Waals surface area contributed by atoms with Crippen molar-refractivity contribution in [3.05, 3.63) is 15.8 Å². The van der Waals surface area contributed by atoms with E-state index in [0.717, 1.165) is 11.8 Å². The van der Waals surface area contributed by atoms with Crippen molar-refractivity contribution in [1.29, 1.82) is 0 Å². The zero-order valence-electron chi connectivity index (χ0n) is 10.8. The molecule has 1 rings (SSSR count). The van der Waals surface area contributed by atoms with Crippen LogP contribution >= 0.6 is 11.8 Å². The fourth-order valence-electron chi connectivity index (χ4n) is 1.29. The van der Waals surface area contributed by atoms with Crippen LogP contribution in [0.15, 0.2) is 5.03 Å². The summed E-state index contributed by atoms with van der Waals surface area (Å²) in [5.74, 6) is -0.201. The van der Waals surface area contributed by atoms with Gasteiger partial charge in [0, 0.05) is 7.05 Å². The van der Waals surface area contributed by atoms with Crippen LogP contribution in [0.4, 0.5) is 11.6 Å². The third-order valence-electron chi connectivity index (χ3n) is 2.06. The number of aryl methyl sites for hydroxylation is 1. The molecule has 0 unspecified atom stereocenters. The van der Waals surface area contributed by atoms with E-state index < -0.39 is 10.9 Å². The Bertz CT molecular complexity index is 495. The second kappa shape index (κ2) is 6.88. The van der Waals surface area contributed by atoms with Gasteiger partial charge in [0.15, 0.2) is 5.03 Å². The number of thioether (sulfide) groups is 1. The Hall–Kier alpha value is -1.90. The van der Waals surface area contributed by atoms with Gasteiger partial charge in [-0.3, -0.25) is 14.9 Å². The average Bonchev–Trinajstić information content (AvgIpc) is 2.35. The first-order valence-corrected chi connectivity index (χ1v) is 6.47. The lowest BCUT2D eigenvalue weighted by Gasteiger charge is -2.06. The number of aromatic nitrogens is 2. The fourth-order valence-corrected chi connectivity index (χ4v) is 2.14. The molecule has 8 nitrogen and oxygen atoms in total. The number of nitro groups is 1. The van der Waals surface area contributed by atoms with E-state index >= 15 is 0 Å². The Labute approximate surface area is 114 Å². The summed E-state index contributed by atoms with van der Waals surface area (Å²) in [7, 11) is 1.61. The molecule has 0 radical (unpaired) electrons. The maximum Gasteiger partial charge on any atom is 0.322 e. The standard InChI is InChI=1S/C10H14N4O4S/c1-4-18-7(15)5-19-9-8(14(16)17)6(2)12-10(11-3)13-9/h4-5H2,1-3H3,(H,11,12,13). The van der Waals surface area contributed by atoms with Crippen LogP contribution in [0.2, 0.25) is 0 Å². The van der Waals surface area contributed by atoms with Gasteiger partial charge >= 0.3 is 11.7 Å². The van der Waals surface area contributed by atoms with Gasteiger partial charge in [-0.15, -0.1) is 0 Å². The number of carbonyl (C=O) groups excluding carboxylic acids is 1. The van der Waals surface area contributed by atoms with E-state index in [4.69, 9.17) is 4.74 Å². The minimum absolute atomic E-state index is 0.0334. The molecule has 0 aromatic carbocycles. The predicted octanol–water partition coefficient (Wildman–Crippen LogP) is 1.39. The van der Waals surface area contributed by atoms with Gasteiger partial charge in [0.2, 0.25) is 5.95 Å². The van der Waals surface area contributed by atoms with Crippen LogP contribution in [0, 0.1) is 17.0 Å². The molecule has 1 aromatic heterocycles. The molecule has 0 fully saturated rings. The summed E-state index contributed by atoms with van der Waals surface area (Å²) in [5.41, 5.74) is 0.0593. The first-order chi connectivity index (χ1) is 8.99. The van der Waals surface area contributed by atoms with Crippen LogP contribution < -0.4 is 5.32 Å². The monoisotopic (exact) mass is 286 g/mol. The smallest absolute Gasteiger partial charge is 0.322 e. The summed E-state index contributed by atoms with van der Waals surface area (Å²) in [6.07, 6.45) is 0. The molecule has 0 spiro atoms. The number of nitrogens with zero attached hydrogens (tertiary/aromatic N) is 3. The predicted molar refractivity (Wildman–Crippen MR) is 70.3 cm³/mol. The molecular formula is C10H14N4O4S. The average molecular weight is 286 g/mol. The first-order valence-electron chi connectivity index (χ1n) is 5.48. The second-order valence-corrected chi connectivity index (χ2v) is 4.35. The summed E-state index contributed by atoms with van der Waals surface area (Å²) in [6, 6.07) is 0. The van der Waals surface area contributed by atoms with Crippen molar-refractivity contribution in [3.8, 4) is 0 Å². The number of esters is 1. The van der Waals surface area contributed by atoms with E-state index in [1.54, 1.807) is 14.0 Å². The van der Waals surface area contributed by atoms with Crippen molar-refractivity contribution in [2.75, 3.05) is 24.7 Å². The molecule has 1 heterocycles. The Morgan fingerprint density at radius 2 is 2.21 bits per heavy atom. The highest BCUT2D eigenvalue weighted by molar-refractivity contribution is 8.00. The quantitative estimate of drug-likeness (QED) is 0.275. The van der Waals surface area contributed by atoms with Crippen LogP contribution in [0.1, 0.15) is 12.6 Å². The summed E-state index contributed by atoms with van der Waals surface area (Å²) in [6.45, 7) is 3.49. The molecule has 104 valence electrons. The zero-order valence-corrected chi connectivity index (χ0v) is 11.6. The Kier molecular flexibility index (Phi) is 5.49. The number of carbonyl (C=O) groups is 1. The molecule has 9 heteroatoms. The number of hydrogen-bond acceptors (Lipinski definition) is 8. The van der Waals surface area contributed by atoms with Gasteiger partial charge in [-0.1, -0.05) is 11.8 Å².